The van der Waals surface area contributed by atoms with E-state index in [0.717, 1.165) is 12.1 Å². The second-order valence-corrected chi connectivity index (χ2v) is 3.98. The Labute approximate surface area is 101 Å². The van der Waals surface area contributed by atoms with Crippen molar-refractivity contribution in [1.82, 2.24) is 0 Å². The van der Waals surface area contributed by atoms with Crippen LogP contribution in [0.15, 0.2) is 30.3 Å². The molecular weight excluding hydrogens is 253 g/mol. The van der Waals surface area contributed by atoms with Gasteiger partial charge < -0.3 is 0 Å². The Kier molecular flexibility index (Phi) is 3.13. The first-order chi connectivity index (χ1) is 7.58. The van der Waals surface area contributed by atoms with Gasteiger partial charge in [-0.25, -0.2) is 8.78 Å². The summed E-state index contributed by atoms with van der Waals surface area (Å²) in [7, 11) is 0. The van der Waals surface area contributed by atoms with Gasteiger partial charge in [-0.2, -0.15) is 0 Å². The van der Waals surface area contributed by atoms with E-state index in [2.05, 4.69) is 6.07 Å². The largest absolute Gasteiger partial charge is 0.207 e. The van der Waals surface area contributed by atoms with Gasteiger partial charge in [-0.1, -0.05) is 23.2 Å². The van der Waals surface area contributed by atoms with Gasteiger partial charge in [0.05, 0.1) is 10.0 Å². The van der Waals surface area contributed by atoms with Crippen LogP contribution >= 0.6 is 23.2 Å². The van der Waals surface area contributed by atoms with E-state index in [-0.39, 0.29) is 10.0 Å². The topological polar surface area (TPSA) is 0 Å². The fourth-order valence-electron chi connectivity index (χ4n) is 1.34. The molecule has 0 saturated carbocycles. The zero-order valence-corrected chi connectivity index (χ0v) is 9.41. The molecule has 4 heteroatoms. The van der Waals surface area contributed by atoms with E-state index < -0.39 is 11.6 Å². The molecule has 0 spiro atoms. The van der Waals surface area contributed by atoms with Gasteiger partial charge in [0.15, 0.2) is 0 Å². The Balaban J connectivity index is 2.59. The van der Waals surface area contributed by atoms with Gasteiger partial charge in [0, 0.05) is 11.1 Å². The molecule has 0 aliphatic carbocycles. The number of rotatable bonds is 1. The van der Waals surface area contributed by atoms with E-state index in [9.17, 15) is 8.78 Å². The molecule has 0 atom stereocenters. The van der Waals surface area contributed by atoms with Crippen LogP contribution in [-0.2, 0) is 0 Å². The van der Waals surface area contributed by atoms with Crippen LogP contribution in [0.5, 0.6) is 0 Å². The van der Waals surface area contributed by atoms with Crippen LogP contribution in [0.1, 0.15) is 0 Å². The molecule has 2 aromatic rings. The summed E-state index contributed by atoms with van der Waals surface area (Å²) >= 11 is 11.7. The van der Waals surface area contributed by atoms with E-state index in [1.165, 1.54) is 18.2 Å². The molecule has 16 heavy (non-hydrogen) atoms. The van der Waals surface area contributed by atoms with Crippen molar-refractivity contribution < 1.29 is 8.78 Å². The molecule has 0 fully saturated rings. The van der Waals surface area contributed by atoms with Gasteiger partial charge in [-0.3, -0.25) is 0 Å². The first kappa shape index (κ1) is 11.4. The average Bonchev–Trinajstić information content (AvgIpc) is 2.19. The molecule has 0 amide bonds. The van der Waals surface area contributed by atoms with Crippen LogP contribution in [0.3, 0.4) is 0 Å². The maximum Gasteiger partial charge on any atom is 0.125 e. The highest BCUT2D eigenvalue weighted by Crippen LogP contribution is 2.33. The van der Waals surface area contributed by atoms with Crippen LogP contribution in [-0.4, -0.2) is 0 Å². The highest BCUT2D eigenvalue weighted by molar-refractivity contribution is 6.36. The molecule has 0 aliphatic rings. The first-order valence-corrected chi connectivity index (χ1v) is 5.15. The average molecular weight is 258 g/mol. The Morgan fingerprint density at radius 3 is 2.25 bits per heavy atom. The van der Waals surface area contributed by atoms with E-state index in [4.69, 9.17) is 23.2 Å². The summed E-state index contributed by atoms with van der Waals surface area (Å²) in [6, 6.07) is 8.89. The predicted molar refractivity (Wildman–Crippen MR) is 60.7 cm³/mol. The smallest absolute Gasteiger partial charge is 0.125 e. The molecular formula is C12H5Cl2F2. The lowest BCUT2D eigenvalue weighted by Crippen LogP contribution is -1.85. The summed E-state index contributed by atoms with van der Waals surface area (Å²) in [5.41, 5.74) is 0.973. The number of benzene rings is 2. The third-order valence-electron chi connectivity index (χ3n) is 2.06. The minimum atomic E-state index is -0.480. The molecule has 0 unspecified atom stereocenters. The number of hydrogen-bond donors (Lipinski definition) is 0. The maximum atomic E-state index is 12.8. The fraction of sp³-hybridized carbons (Fsp3) is 0. The van der Waals surface area contributed by atoms with Gasteiger partial charge in [0.2, 0.25) is 0 Å². The third kappa shape index (κ3) is 2.18. The SMILES string of the molecule is Fc1c[c]c(-c2ccc(F)cc2Cl)c(Cl)c1. The maximum absolute atomic E-state index is 12.8. The molecule has 0 N–H and O–H groups in total. The highest BCUT2D eigenvalue weighted by Gasteiger charge is 2.09. The molecule has 0 heterocycles. The predicted octanol–water partition coefficient (Wildman–Crippen LogP) is 4.74. The Morgan fingerprint density at radius 2 is 1.62 bits per heavy atom. The van der Waals surface area contributed by atoms with Crippen LogP contribution < -0.4 is 0 Å². The number of hydrogen-bond acceptors (Lipinski definition) is 0. The zero-order valence-electron chi connectivity index (χ0n) is 7.90. The van der Waals surface area contributed by atoms with Crippen LogP contribution in [0, 0.1) is 17.7 Å². The van der Waals surface area contributed by atoms with Gasteiger partial charge in [0.1, 0.15) is 11.6 Å². The van der Waals surface area contributed by atoms with Gasteiger partial charge in [0.25, 0.3) is 0 Å². The van der Waals surface area contributed by atoms with Gasteiger partial charge in [-0.15, -0.1) is 0 Å². The molecule has 2 rings (SSSR count). The molecule has 0 nitrogen and oxygen atoms in total. The second-order valence-electron chi connectivity index (χ2n) is 3.17. The van der Waals surface area contributed by atoms with E-state index in [0.29, 0.717) is 11.1 Å². The second kappa shape index (κ2) is 4.40. The highest BCUT2D eigenvalue weighted by atomic mass is 35.5. The quantitative estimate of drug-likeness (QED) is 0.693. The van der Waals surface area contributed by atoms with Crippen molar-refractivity contribution >= 4 is 23.2 Å². The molecule has 81 valence electrons. The first-order valence-electron chi connectivity index (χ1n) is 4.40. The summed E-state index contributed by atoms with van der Waals surface area (Å²) in [6.07, 6.45) is 0. The molecule has 0 bridgehead atoms. The van der Waals surface area contributed by atoms with E-state index in [1.54, 1.807) is 0 Å². The standard InChI is InChI=1S/C12H5Cl2F2/c13-11-5-7(15)1-3-9(11)10-4-2-8(16)6-12(10)14/h1-3,5-6H. The summed E-state index contributed by atoms with van der Waals surface area (Å²) < 4.78 is 25.7. The summed E-state index contributed by atoms with van der Waals surface area (Å²) in [5.74, 6) is -0.918. The van der Waals surface area contributed by atoms with Crippen LogP contribution in [0.25, 0.3) is 11.1 Å². The summed E-state index contributed by atoms with van der Waals surface area (Å²) in [6.45, 7) is 0. The molecule has 2 aromatic carbocycles. The van der Waals surface area contributed by atoms with Gasteiger partial charge in [-0.05, 0) is 36.4 Å². The Morgan fingerprint density at radius 1 is 0.938 bits per heavy atom. The van der Waals surface area contributed by atoms with Crippen molar-refractivity contribution in [2.24, 2.45) is 0 Å². The van der Waals surface area contributed by atoms with Crippen molar-refractivity contribution in [1.29, 1.82) is 0 Å². The normalized spacial score (nSPS) is 10.5. The third-order valence-corrected chi connectivity index (χ3v) is 2.67. The monoisotopic (exact) mass is 257 g/mol. The van der Waals surface area contributed by atoms with E-state index in [1.807, 2.05) is 0 Å². The zero-order chi connectivity index (χ0) is 11.7. The van der Waals surface area contributed by atoms with Crippen LogP contribution in [0.4, 0.5) is 8.78 Å². The lowest BCUT2D eigenvalue weighted by Gasteiger charge is -2.06. The van der Waals surface area contributed by atoms with Crippen molar-refractivity contribution in [3.8, 4) is 11.1 Å². The molecule has 0 aliphatic heterocycles. The molecule has 0 aromatic heterocycles. The van der Waals surface area contributed by atoms with E-state index >= 15 is 0 Å². The summed E-state index contributed by atoms with van der Waals surface area (Å²) in [5, 5.41) is 0.401. The Hall–Kier alpha value is -1.12. The minimum Gasteiger partial charge on any atom is -0.207 e. The minimum absolute atomic E-state index is 0.188. The van der Waals surface area contributed by atoms with Crippen molar-refractivity contribution in [3.05, 3.63) is 58.1 Å². The fourth-order valence-corrected chi connectivity index (χ4v) is 1.87. The summed E-state index contributed by atoms with van der Waals surface area (Å²) in [4.78, 5) is 0. The molecule has 1 radical (unpaired) electrons. The molecule has 0 saturated heterocycles. The lowest BCUT2D eigenvalue weighted by molar-refractivity contribution is 0.627. The number of halogens is 4. The Bertz CT molecular complexity index is 489. The van der Waals surface area contributed by atoms with Crippen molar-refractivity contribution in [3.63, 3.8) is 0 Å². The van der Waals surface area contributed by atoms with Crippen molar-refractivity contribution in [2.75, 3.05) is 0 Å². The van der Waals surface area contributed by atoms with Crippen LogP contribution in [0.2, 0.25) is 10.0 Å². The van der Waals surface area contributed by atoms with Gasteiger partial charge >= 0.3 is 0 Å². The van der Waals surface area contributed by atoms with Crippen molar-refractivity contribution in [2.45, 2.75) is 0 Å². The lowest BCUT2D eigenvalue weighted by atomic mass is 10.1.